The first-order valence-corrected chi connectivity index (χ1v) is 5.02. The van der Waals surface area contributed by atoms with E-state index in [1.165, 1.54) is 12.1 Å². The Morgan fingerprint density at radius 2 is 2.13 bits per heavy atom. The fraction of sp³-hybridized carbons (Fsp3) is 0.300. The Hall–Kier alpha value is -1.12. The smallest absolute Gasteiger partial charge is 0.340 e. The van der Waals surface area contributed by atoms with E-state index in [1.807, 2.05) is 19.1 Å². The minimum Gasteiger partial charge on any atom is -0.465 e. The monoisotopic (exact) mass is 226 g/mol. The molecule has 0 aliphatic rings. The number of anilines is 1. The standard InChI is InChI=1S/C10H15N2O2P/c1-6-4-5-7(15)9(12(2)11)8(6)10(13)14-3/h4-5H,11,15H2,1-3H3. The molecule has 1 unspecified atom stereocenters. The predicted molar refractivity (Wildman–Crippen MR) is 64.5 cm³/mol. The normalized spacial score (nSPS) is 9.93. The molecule has 1 aromatic carbocycles. The summed E-state index contributed by atoms with van der Waals surface area (Å²) >= 11 is 0. The minimum absolute atomic E-state index is 0.371. The molecule has 1 rings (SSSR count). The Morgan fingerprint density at radius 1 is 1.53 bits per heavy atom. The number of ether oxygens (including phenoxy) is 1. The molecule has 0 bridgehead atoms. The molecule has 1 atom stereocenters. The number of hydrogen-bond acceptors (Lipinski definition) is 4. The van der Waals surface area contributed by atoms with Gasteiger partial charge in [0.1, 0.15) is 0 Å². The number of rotatable bonds is 2. The van der Waals surface area contributed by atoms with E-state index in [2.05, 4.69) is 9.24 Å². The first kappa shape index (κ1) is 12.0. The Kier molecular flexibility index (Phi) is 3.66. The molecule has 0 fully saturated rings. The van der Waals surface area contributed by atoms with Crippen molar-refractivity contribution < 1.29 is 9.53 Å². The van der Waals surface area contributed by atoms with E-state index in [0.29, 0.717) is 11.3 Å². The molecule has 0 saturated heterocycles. The van der Waals surface area contributed by atoms with Crippen molar-refractivity contribution in [1.29, 1.82) is 0 Å². The quantitative estimate of drug-likeness (QED) is 0.347. The van der Waals surface area contributed by atoms with E-state index in [1.54, 1.807) is 7.05 Å². The lowest BCUT2D eigenvalue weighted by atomic mass is 10.1. The molecule has 0 aromatic heterocycles. The zero-order valence-corrected chi connectivity index (χ0v) is 10.2. The van der Waals surface area contributed by atoms with Gasteiger partial charge < -0.3 is 9.75 Å². The number of aryl methyl sites for hydroxylation is 1. The van der Waals surface area contributed by atoms with Crippen LogP contribution in [-0.4, -0.2) is 20.1 Å². The largest absolute Gasteiger partial charge is 0.465 e. The summed E-state index contributed by atoms with van der Waals surface area (Å²) in [6, 6.07) is 3.76. The minimum atomic E-state index is -0.371. The summed E-state index contributed by atoms with van der Waals surface area (Å²) in [5.74, 6) is 5.32. The van der Waals surface area contributed by atoms with Gasteiger partial charge in [-0.15, -0.1) is 9.24 Å². The average Bonchev–Trinajstić information content (AvgIpc) is 2.19. The molecule has 4 nitrogen and oxygen atoms in total. The highest BCUT2D eigenvalue weighted by Gasteiger charge is 2.18. The lowest BCUT2D eigenvalue weighted by Gasteiger charge is -2.19. The molecule has 0 saturated carbocycles. The van der Waals surface area contributed by atoms with Crippen molar-refractivity contribution in [2.75, 3.05) is 19.2 Å². The van der Waals surface area contributed by atoms with Crippen LogP contribution in [0.3, 0.4) is 0 Å². The van der Waals surface area contributed by atoms with Gasteiger partial charge in [0.2, 0.25) is 0 Å². The number of benzene rings is 1. The van der Waals surface area contributed by atoms with Crippen LogP contribution < -0.4 is 16.2 Å². The zero-order chi connectivity index (χ0) is 11.6. The topological polar surface area (TPSA) is 55.6 Å². The third kappa shape index (κ3) is 2.28. The fourth-order valence-electron chi connectivity index (χ4n) is 1.45. The van der Waals surface area contributed by atoms with Gasteiger partial charge in [0.05, 0.1) is 18.4 Å². The summed E-state index contributed by atoms with van der Waals surface area (Å²) in [5.41, 5.74) is 2.03. The van der Waals surface area contributed by atoms with Crippen LogP contribution in [0.1, 0.15) is 15.9 Å². The van der Waals surface area contributed by atoms with Crippen LogP contribution >= 0.6 is 9.24 Å². The molecule has 0 aliphatic carbocycles. The maximum Gasteiger partial charge on any atom is 0.340 e. The van der Waals surface area contributed by atoms with Crippen LogP contribution in [0.25, 0.3) is 0 Å². The second-order valence-corrected chi connectivity index (χ2v) is 3.92. The molecule has 15 heavy (non-hydrogen) atoms. The third-order valence-electron chi connectivity index (χ3n) is 2.16. The lowest BCUT2D eigenvalue weighted by Crippen LogP contribution is -2.31. The van der Waals surface area contributed by atoms with Gasteiger partial charge >= 0.3 is 5.97 Å². The first-order valence-electron chi connectivity index (χ1n) is 4.44. The van der Waals surface area contributed by atoms with E-state index in [0.717, 1.165) is 10.9 Å². The van der Waals surface area contributed by atoms with Crippen molar-refractivity contribution in [2.24, 2.45) is 5.84 Å². The van der Waals surface area contributed by atoms with Crippen LogP contribution in [-0.2, 0) is 4.74 Å². The molecule has 0 heterocycles. The molecule has 5 heteroatoms. The molecule has 0 amide bonds. The van der Waals surface area contributed by atoms with Crippen LogP contribution in [0.15, 0.2) is 12.1 Å². The highest BCUT2D eigenvalue weighted by Crippen LogP contribution is 2.22. The Bertz CT molecular complexity index is 391. The van der Waals surface area contributed by atoms with Gasteiger partial charge in [0, 0.05) is 7.05 Å². The van der Waals surface area contributed by atoms with E-state index in [-0.39, 0.29) is 5.97 Å². The molecule has 0 radical (unpaired) electrons. The van der Waals surface area contributed by atoms with Crippen LogP contribution in [0.5, 0.6) is 0 Å². The highest BCUT2D eigenvalue weighted by atomic mass is 31.0. The second kappa shape index (κ2) is 4.60. The number of methoxy groups -OCH3 is 1. The first-order chi connectivity index (χ1) is 6.99. The summed E-state index contributed by atoms with van der Waals surface area (Å²) in [6.45, 7) is 1.85. The van der Waals surface area contributed by atoms with Crippen molar-refractivity contribution in [3.63, 3.8) is 0 Å². The number of carbonyl (C=O) groups is 1. The molecule has 82 valence electrons. The molecule has 1 aromatic rings. The summed E-state index contributed by atoms with van der Waals surface area (Å²) < 4.78 is 4.73. The second-order valence-electron chi connectivity index (χ2n) is 3.30. The SMILES string of the molecule is COC(=O)c1c(C)ccc(P)c1N(C)N. The maximum atomic E-state index is 11.6. The number of nitrogens with two attached hydrogens (primary N) is 1. The van der Waals surface area contributed by atoms with Crippen LogP contribution in [0.2, 0.25) is 0 Å². The number of esters is 1. The third-order valence-corrected chi connectivity index (χ3v) is 2.63. The van der Waals surface area contributed by atoms with Crippen LogP contribution in [0, 0.1) is 6.92 Å². The van der Waals surface area contributed by atoms with Gasteiger partial charge in [-0.2, -0.15) is 0 Å². The van der Waals surface area contributed by atoms with Crippen molar-refractivity contribution in [3.8, 4) is 0 Å². The maximum absolute atomic E-state index is 11.6. The van der Waals surface area contributed by atoms with E-state index in [9.17, 15) is 4.79 Å². The number of hydrogen-bond donors (Lipinski definition) is 1. The fourth-order valence-corrected chi connectivity index (χ4v) is 1.89. The van der Waals surface area contributed by atoms with Gasteiger partial charge in [-0.25, -0.2) is 10.6 Å². The molecule has 2 N–H and O–H groups in total. The van der Waals surface area contributed by atoms with Crippen molar-refractivity contribution in [3.05, 3.63) is 23.3 Å². The molecule has 0 spiro atoms. The van der Waals surface area contributed by atoms with Gasteiger partial charge in [0.15, 0.2) is 0 Å². The van der Waals surface area contributed by atoms with E-state index >= 15 is 0 Å². The van der Waals surface area contributed by atoms with Gasteiger partial charge in [0.25, 0.3) is 0 Å². The van der Waals surface area contributed by atoms with Crippen molar-refractivity contribution in [2.45, 2.75) is 6.92 Å². The summed E-state index contributed by atoms with van der Waals surface area (Å²) in [5, 5.41) is 2.28. The Balaban J connectivity index is 3.45. The zero-order valence-electron chi connectivity index (χ0n) is 9.07. The lowest BCUT2D eigenvalue weighted by molar-refractivity contribution is 0.0600. The van der Waals surface area contributed by atoms with Gasteiger partial charge in [-0.3, -0.25) is 0 Å². The van der Waals surface area contributed by atoms with Crippen molar-refractivity contribution in [1.82, 2.24) is 0 Å². The Morgan fingerprint density at radius 3 is 2.60 bits per heavy atom. The summed E-state index contributed by atoms with van der Waals surface area (Å²) in [4.78, 5) is 11.6. The van der Waals surface area contributed by atoms with Gasteiger partial charge in [-0.05, 0) is 17.8 Å². The molecular weight excluding hydrogens is 211 g/mol. The van der Waals surface area contributed by atoms with E-state index in [4.69, 9.17) is 10.6 Å². The average molecular weight is 226 g/mol. The highest BCUT2D eigenvalue weighted by molar-refractivity contribution is 7.28. The number of carbonyl (C=O) groups excluding carboxylic acids is 1. The van der Waals surface area contributed by atoms with Gasteiger partial charge in [-0.1, -0.05) is 12.1 Å². The number of nitrogens with zero attached hydrogens (tertiary/aromatic N) is 1. The van der Waals surface area contributed by atoms with E-state index < -0.39 is 0 Å². The Labute approximate surface area is 91.6 Å². The summed E-state index contributed by atoms with van der Waals surface area (Å²) in [7, 11) is 5.60. The molecular formula is C10H15N2O2P. The number of hydrazine groups is 1. The van der Waals surface area contributed by atoms with Crippen molar-refractivity contribution >= 4 is 26.2 Å². The summed E-state index contributed by atoms with van der Waals surface area (Å²) in [6.07, 6.45) is 0. The van der Waals surface area contributed by atoms with Crippen LogP contribution in [0.4, 0.5) is 5.69 Å². The molecule has 0 aliphatic heterocycles. The predicted octanol–water partition coefficient (Wildman–Crippen LogP) is 0.592.